The average molecular weight is 943 g/mol. The number of guanidine groups is 3. The molecule has 0 fully saturated rings. The number of amides is 8. The Morgan fingerprint density at radius 1 is 0.446 bits per heavy atom. The SMILES string of the molecule is CN[C@@H](CCCN=C(N)N)C(=O)N[C@@H](C)C(=O)N[C@@H](CCCN=C(N)N)C(=O)N[C@H](C(=O)N[C@@H](C)C(=O)N[C@@H](CCCN=C(N)N)C(=O)N[C@@H](C)C(=O)N[C@@H](CCSC)C(N)=O)C(C)C. The number of nitrogens with one attached hydrogen (secondary N) is 8. The van der Waals surface area contributed by atoms with Gasteiger partial charge in [-0.3, -0.25) is 53.3 Å². The molecule has 0 bridgehead atoms. The normalized spacial score (nSPS) is 14.5. The van der Waals surface area contributed by atoms with Gasteiger partial charge in [-0.25, -0.2) is 0 Å². The highest BCUT2D eigenvalue weighted by Crippen LogP contribution is 2.08. The van der Waals surface area contributed by atoms with Gasteiger partial charge in [0, 0.05) is 19.6 Å². The Hall–Kier alpha value is -6.12. The molecule has 0 aromatic carbocycles. The molecule has 0 saturated heterocycles. The van der Waals surface area contributed by atoms with Crippen LogP contribution in [0.15, 0.2) is 15.0 Å². The van der Waals surface area contributed by atoms with Gasteiger partial charge in [0.1, 0.15) is 42.3 Å². The van der Waals surface area contributed by atoms with E-state index in [1.54, 1.807) is 20.9 Å². The first kappa shape index (κ1) is 58.9. The highest BCUT2D eigenvalue weighted by Gasteiger charge is 2.33. The molecule has 27 heteroatoms. The molecule has 0 aliphatic carbocycles. The molecule has 0 aromatic heterocycles. The van der Waals surface area contributed by atoms with E-state index in [-0.39, 0.29) is 63.1 Å². The summed E-state index contributed by atoms with van der Waals surface area (Å²) in [7, 11) is 1.58. The van der Waals surface area contributed by atoms with Gasteiger partial charge in [-0.1, -0.05) is 13.8 Å². The number of aliphatic imine (C=N–C) groups is 3. The highest BCUT2D eigenvalue weighted by atomic mass is 32.2. The van der Waals surface area contributed by atoms with E-state index < -0.39 is 102 Å². The van der Waals surface area contributed by atoms with Gasteiger partial charge >= 0.3 is 0 Å². The van der Waals surface area contributed by atoms with Gasteiger partial charge in [0.2, 0.25) is 47.3 Å². The first-order chi connectivity index (χ1) is 30.4. The number of carbonyl (C=O) groups is 8. The van der Waals surface area contributed by atoms with E-state index in [0.717, 1.165) is 0 Å². The minimum absolute atomic E-state index is 0.0149. The summed E-state index contributed by atoms with van der Waals surface area (Å²) in [5.41, 5.74) is 37.9. The summed E-state index contributed by atoms with van der Waals surface area (Å²) in [4.78, 5) is 117. The number of likely N-dealkylation sites (N-methyl/N-ethyl adjacent to an activating group) is 1. The molecule has 8 amide bonds. The highest BCUT2D eigenvalue weighted by molar-refractivity contribution is 7.98. The molecule has 8 atom stereocenters. The van der Waals surface area contributed by atoms with E-state index in [1.165, 1.54) is 32.5 Å². The Morgan fingerprint density at radius 3 is 1.12 bits per heavy atom. The van der Waals surface area contributed by atoms with Crippen molar-refractivity contribution in [2.24, 2.45) is 61.0 Å². The second kappa shape index (κ2) is 31.7. The quantitative estimate of drug-likeness (QED) is 0.0170. The van der Waals surface area contributed by atoms with Crippen LogP contribution < -0.4 is 82.7 Å². The number of hydrogen-bond acceptors (Lipinski definition) is 13. The molecule has 0 aliphatic rings. The lowest BCUT2D eigenvalue weighted by Crippen LogP contribution is -2.60. The van der Waals surface area contributed by atoms with E-state index in [9.17, 15) is 38.4 Å². The Morgan fingerprint density at radius 2 is 0.785 bits per heavy atom. The maximum Gasteiger partial charge on any atom is 0.243 e. The molecule has 0 aromatic rings. The van der Waals surface area contributed by atoms with Crippen LogP contribution in [0, 0.1) is 5.92 Å². The van der Waals surface area contributed by atoms with Crippen LogP contribution in [0.5, 0.6) is 0 Å². The second-order valence-corrected chi connectivity index (χ2v) is 16.5. The van der Waals surface area contributed by atoms with Gasteiger partial charge in [-0.05, 0) is 90.7 Å². The van der Waals surface area contributed by atoms with Crippen molar-refractivity contribution in [3.8, 4) is 0 Å². The van der Waals surface area contributed by atoms with E-state index >= 15 is 0 Å². The summed E-state index contributed by atoms with van der Waals surface area (Å²) in [5.74, 6) is -6.06. The van der Waals surface area contributed by atoms with Crippen molar-refractivity contribution in [2.45, 2.75) is 128 Å². The van der Waals surface area contributed by atoms with Crippen molar-refractivity contribution >= 4 is 76.9 Å². The van der Waals surface area contributed by atoms with E-state index in [2.05, 4.69) is 57.5 Å². The average Bonchev–Trinajstić information content (AvgIpc) is 3.22. The zero-order chi connectivity index (χ0) is 49.8. The van der Waals surface area contributed by atoms with Crippen molar-refractivity contribution in [3.63, 3.8) is 0 Å². The van der Waals surface area contributed by atoms with Crippen LogP contribution in [0.2, 0.25) is 0 Å². The maximum atomic E-state index is 13.8. The van der Waals surface area contributed by atoms with Crippen LogP contribution in [0.1, 0.15) is 79.6 Å². The van der Waals surface area contributed by atoms with Crippen LogP contribution in [0.3, 0.4) is 0 Å². The number of thioether (sulfide) groups is 1. The van der Waals surface area contributed by atoms with E-state index in [0.29, 0.717) is 25.1 Å². The summed E-state index contributed by atoms with van der Waals surface area (Å²) in [6.07, 6.45) is 3.45. The number of carbonyl (C=O) groups excluding carboxylic acids is 8. The Balaban J connectivity index is 6.03. The smallest absolute Gasteiger partial charge is 0.243 e. The van der Waals surface area contributed by atoms with Crippen molar-refractivity contribution < 1.29 is 38.4 Å². The molecule has 0 heterocycles. The third kappa shape index (κ3) is 25.1. The van der Waals surface area contributed by atoms with Crippen molar-refractivity contribution in [1.29, 1.82) is 0 Å². The summed E-state index contributed by atoms with van der Waals surface area (Å²) in [6, 6.07) is -8.79. The Bertz CT molecular complexity index is 1670. The van der Waals surface area contributed by atoms with Crippen LogP contribution in [-0.2, 0) is 38.4 Å². The number of nitrogens with zero attached hydrogens (tertiary/aromatic N) is 3. The first-order valence-corrected chi connectivity index (χ1v) is 22.6. The topological polar surface area (TPSA) is 452 Å². The predicted molar refractivity (Wildman–Crippen MR) is 250 cm³/mol. The van der Waals surface area contributed by atoms with Gasteiger partial charge in [-0.15, -0.1) is 0 Å². The third-order valence-electron chi connectivity index (χ3n) is 9.54. The van der Waals surface area contributed by atoms with Gasteiger partial charge < -0.3 is 82.7 Å². The van der Waals surface area contributed by atoms with E-state index in [4.69, 9.17) is 40.1 Å². The number of nitrogens with two attached hydrogens (primary N) is 7. The van der Waals surface area contributed by atoms with Crippen LogP contribution in [0.4, 0.5) is 0 Å². The zero-order valence-electron chi connectivity index (χ0n) is 38.5. The number of hydrogen-bond donors (Lipinski definition) is 15. The minimum Gasteiger partial charge on any atom is -0.370 e. The van der Waals surface area contributed by atoms with Gasteiger partial charge in [0.25, 0.3) is 0 Å². The molecule has 22 N–H and O–H groups in total. The lowest BCUT2D eigenvalue weighted by Gasteiger charge is -2.28. The van der Waals surface area contributed by atoms with Crippen LogP contribution in [-0.4, -0.2) is 152 Å². The third-order valence-corrected chi connectivity index (χ3v) is 10.2. The van der Waals surface area contributed by atoms with Gasteiger partial charge in [0.15, 0.2) is 17.9 Å². The monoisotopic (exact) mass is 943 g/mol. The fourth-order valence-electron chi connectivity index (χ4n) is 5.78. The molecule has 0 spiro atoms. The molecule has 0 radical (unpaired) electrons. The fraction of sp³-hybridized carbons (Fsp3) is 0.711. The summed E-state index contributed by atoms with van der Waals surface area (Å²) in [5, 5.41) is 21.0. The first-order valence-electron chi connectivity index (χ1n) is 21.2. The molecule has 0 saturated carbocycles. The van der Waals surface area contributed by atoms with Gasteiger partial charge in [-0.2, -0.15) is 11.8 Å². The minimum atomic E-state index is -1.25. The second-order valence-electron chi connectivity index (χ2n) is 15.5. The summed E-state index contributed by atoms with van der Waals surface area (Å²) in [6.45, 7) is 8.02. The van der Waals surface area contributed by atoms with Gasteiger partial charge in [0.05, 0.1) is 6.04 Å². The number of primary amides is 1. The number of rotatable bonds is 32. The maximum absolute atomic E-state index is 13.8. The predicted octanol–water partition coefficient (Wildman–Crippen LogP) is -5.92. The molecule has 65 heavy (non-hydrogen) atoms. The van der Waals surface area contributed by atoms with Crippen molar-refractivity contribution in [1.82, 2.24) is 42.5 Å². The molecule has 0 aliphatic heterocycles. The molecule has 370 valence electrons. The molecular weight excluding hydrogens is 869 g/mol. The zero-order valence-corrected chi connectivity index (χ0v) is 39.3. The Labute approximate surface area is 384 Å². The Kier molecular flexibility index (Phi) is 28.7. The largest absolute Gasteiger partial charge is 0.370 e. The lowest BCUT2D eigenvalue weighted by atomic mass is 10.0. The standard InChI is InChI=1S/C38H74N18O8S/c1-19(2)27(56-34(63)26(13-10-17-49-38(44)45)55-30(59)21(4)50-32(61)24(46-6)11-8-15-47-36(40)41)35(64)52-22(5)31(60)54-25(12-9-16-48-37(42)43)33(62)51-20(3)29(58)53-23(28(39)57)14-18-65-7/h19-27,46H,8-18H2,1-7H3,(H2,39,57)(H,50,61)(H,51,62)(H,52,64)(H,53,58)(H,54,60)(H,55,59)(H,56,63)(H4,40,41,47)(H4,42,43,48)(H4,44,45,49)/t20-,21-,22-,23-,24-,25-,26-,27-/m0/s1. The van der Waals surface area contributed by atoms with Crippen molar-refractivity contribution in [3.05, 3.63) is 0 Å². The van der Waals surface area contributed by atoms with Crippen LogP contribution in [0.25, 0.3) is 0 Å². The molecule has 0 unspecified atom stereocenters. The fourth-order valence-corrected chi connectivity index (χ4v) is 6.25. The van der Waals surface area contributed by atoms with Crippen molar-refractivity contribution in [2.75, 3.05) is 38.7 Å². The van der Waals surface area contributed by atoms with E-state index in [1.807, 2.05) is 6.26 Å². The summed E-state index contributed by atoms with van der Waals surface area (Å²) < 4.78 is 0. The molecule has 26 nitrogen and oxygen atoms in total. The lowest BCUT2D eigenvalue weighted by molar-refractivity contribution is -0.136. The molecule has 0 rings (SSSR count). The van der Waals surface area contributed by atoms with Crippen LogP contribution >= 0.6 is 11.8 Å². The summed E-state index contributed by atoms with van der Waals surface area (Å²) >= 11 is 1.46. The molecular formula is C38H74N18O8S.